The Morgan fingerprint density at radius 1 is 1.60 bits per heavy atom. The van der Waals surface area contributed by atoms with Gasteiger partial charge in [0.15, 0.2) is 0 Å². The van der Waals surface area contributed by atoms with Crippen LogP contribution in [0.1, 0.15) is 13.3 Å². The summed E-state index contributed by atoms with van der Waals surface area (Å²) in [6.07, 6.45) is 1.00. The standard InChI is InChI=1S/C3H7.K.Na/c1-3-2;;/h1,3H2,2H3;;/q-1;;+1. The minimum atomic E-state index is 0. The summed E-state index contributed by atoms with van der Waals surface area (Å²) in [4.78, 5) is 0. The van der Waals surface area contributed by atoms with Gasteiger partial charge in [-0.05, 0) is 0 Å². The Labute approximate surface area is 98.8 Å². The zero-order chi connectivity index (χ0) is 2.71. The molecule has 0 bridgehead atoms. The maximum atomic E-state index is 3.49. The summed E-state index contributed by atoms with van der Waals surface area (Å²) in [5, 5.41) is 0. The Bertz CT molecular complexity index is 6.85. The van der Waals surface area contributed by atoms with Crippen LogP contribution >= 0.6 is 0 Å². The van der Waals surface area contributed by atoms with Crippen molar-refractivity contribution in [1.29, 1.82) is 0 Å². The van der Waals surface area contributed by atoms with Crippen LogP contribution in [0.5, 0.6) is 0 Å². The zero-order valence-corrected chi connectivity index (χ0v) is 9.54. The molecule has 0 N–H and O–H groups in total. The van der Waals surface area contributed by atoms with Gasteiger partial charge in [-0.25, -0.2) is 0 Å². The van der Waals surface area contributed by atoms with E-state index in [1.807, 2.05) is 6.92 Å². The average molecular weight is 105 g/mol. The van der Waals surface area contributed by atoms with Crippen LogP contribution in [-0.2, 0) is 0 Å². The molecule has 21 valence electrons. The van der Waals surface area contributed by atoms with Crippen LogP contribution < -0.4 is 29.6 Å². The summed E-state index contributed by atoms with van der Waals surface area (Å²) in [6, 6.07) is 0. The molecule has 0 nitrogen and oxygen atoms in total. The number of rotatable bonds is 0. The maximum Gasteiger partial charge on any atom is 1.00 e. The van der Waals surface area contributed by atoms with Crippen LogP contribution in [0.3, 0.4) is 0 Å². The van der Waals surface area contributed by atoms with Crippen molar-refractivity contribution in [3.05, 3.63) is 6.92 Å². The molecule has 0 aliphatic rings. The molecule has 0 heterocycles. The van der Waals surface area contributed by atoms with Crippen LogP contribution in [0.25, 0.3) is 0 Å². The van der Waals surface area contributed by atoms with Crippen LogP contribution in [-0.4, -0.2) is 51.4 Å². The first-order chi connectivity index (χ1) is 1.41. The largest absolute Gasteiger partial charge is 1.00 e. The van der Waals surface area contributed by atoms with Crippen molar-refractivity contribution in [2.24, 2.45) is 0 Å². The Kier molecular flexibility index (Phi) is 49.9. The first kappa shape index (κ1) is 15.6. The third kappa shape index (κ3) is 20.5. The van der Waals surface area contributed by atoms with Gasteiger partial charge >= 0.3 is 29.6 Å². The van der Waals surface area contributed by atoms with E-state index in [2.05, 4.69) is 6.92 Å². The fourth-order valence-electron chi connectivity index (χ4n) is 0. The van der Waals surface area contributed by atoms with Gasteiger partial charge in [-0.15, -0.1) is 0 Å². The molecule has 1 radical (unpaired) electrons. The predicted molar refractivity (Wildman–Crippen MR) is 21.4 cm³/mol. The first-order valence-electron chi connectivity index (χ1n) is 1.21. The van der Waals surface area contributed by atoms with Crippen LogP contribution in [0.15, 0.2) is 0 Å². The molecule has 0 spiro atoms. The van der Waals surface area contributed by atoms with Crippen molar-refractivity contribution in [3.63, 3.8) is 0 Å². The summed E-state index contributed by atoms with van der Waals surface area (Å²) in [5.41, 5.74) is 0. The molecular weight excluding hydrogens is 98.1 g/mol. The van der Waals surface area contributed by atoms with Crippen molar-refractivity contribution >= 4 is 51.4 Å². The van der Waals surface area contributed by atoms with Crippen molar-refractivity contribution in [3.8, 4) is 0 Å². The Morgan fingerprint density at radius 3 is 1.60 bits per heavy atom. The fourth-order valence-corrected chi connectivity index (χ4v) is 0. The Morgan fingerprint density at radius 2 is 1.60 bits per heavy atom. The van der Waals surface area contributed by atoms with Gasteiger partial charge in [0.1, 0.15) is 0 Å². The Balaban J connectivity index is -0.0000000200. The molecule has 0 aromatic rings. The van der Waals surface area contributed by atoms with Gasteiger partial charge in [-0.1, -0.05) is 6.92 Å². The normalized spacial score (nSPS) is 3.60. The third-order valence-electron chi connectivity index (χ3n) is 0. The van der Waals surface area contributed by atoms with Gasteiger partial charge < -0.3 is 6.92 Å². The second-order valence-electron chi connectivity index (χ2n) is 0.500. The fraction of sp³-hybridized carbons (Fsp3) is 0.667. The molecule has 5 heavy (non-hydrogen) atoms. The molecule has 0 aliphatic heterocycles. The van der Waals surface area contributed by atoms with E-state index in [0.29, 0.717) is 0 Å². The second-order valence-corrected chi connectivity index (χ2v) is 0.500. The minimum absolute atomic E-state index is 0. The molecular formula is C3H7KNa. The van der Waals surface area contributed by atoms with Crippen LogP contribution in [0.4, 0.5) is 0 Å². The third-order valence-corrected chi connectivity index (χ3v) is 0. The van der Waals surface area contributed by atoms with Gasteiger partial charge in [0.05, 0.1) is 0 Å². The van der Waals surface area contributed by atoms with Crippen molar-refractivity contribution in [1.82, 2.24) is 0 Å². The topological polar surface area (TPSA) is 0 Å². The molecule has 2 heteroatoms. The summed E-state index contributed by atoms with van der Waals surface area (Å²) in [7, 11) is 0. The smallest absolute Gasteiger partial charge is 0.344 e. The van der Waals surface area contributed by atoms with E-state index >= 15 is 0 Å². The van der Waals surface area contributed by atoms with Crippen molar-refractivity contribution in [2.75, 3.05) is 0 Å². The molecule has 0 aliphatic carbocycles. The number of hydrogen-bond donors (Lipinski definition) is 0. The van der Waals surface area contributed by atoms with Gasteiger partial charge in [-0.3, -0.25) is 0 Å². The van der Waals surface area contributed by atoms with E-state index in [9.17, 15) is 0 Å². The molecule has 0 aromatic carbocycles. The molecule has 0 amide bonds. The molecule has 0 fully saturated rings. The quantitative estimate of drug-likeness (QED) is 0.243. The zero-order valence-electron chi connectivity index (χ0n) is 4.41. The van der Waals surface area contributed by atoms with Gasteiger partial charge in [0.25, 0.3) is 0 Å². The van der Waals surface area contributed by atoms with Gasteiger partial charge in [-0.2, -0.15) is 6.42 Å². The van der Waals surface area contributed by atoms with E-state index in [1.165, 1.54) is 0 Å². The van der Waals surface area contributed by atoms with Crippen molar-refractivity contribution in [2.45, 2.75) is 13.3 Å². The van der Waals surface area contributed by atoms with Gasteiger partial charge in [0.2, 0.25) is 0 Å². The predicted octanol–water partition coefficient (Wildman–Crippen LogP) is -2.15. The SMILES string of the molecule is [CH2-]CC.[K].[Na+]. The second kappa shape index (κ2) is 15.9. The summed E-state index contributed by atoms with van der Waals surface area (Å²) in [6.45, 7) is 5.50. The molecule has 0 atom stereocenters. The van der Waals surface area contributed by atoms with Gasteiger partial charge in [0, 0.05) is 51.4 Å². The molecule has 0 saturated carbocycles. The average Bonchev–Trinajstić information content (AvgIpc) is 0.918. The van der Waals surface area contributed by atoms with Crippen LogP contribution in [0, 0.1) is 6.92 Å². The van der Waals surface area contributed by atoms with Crippen LogP contribution in [0.2, 0.25) is 0 Å². The summed E-state index contributed by atoms with van der Waals surface area (Å²) in [5.74, 6) is 0. The summed E-state index contributed by atoms with van der Waals surface area (Å²) >= 11 is 0. The monoisotopic (exact) mass is 105 g/mol. The number of hydrogen-bond acceptors (Lipinski definition) is 0. The molecule has 0 saturated heterocycles. The van der Waals surface area contributed by atoms with E-state index in [0.717, 1.165) is 6.42 Å². The summed E-state index contributed by atoms with van der Waals surface area (Å²) < 4.78 is 0. The van der Waals surface area contributed by atoms with E-state index < -0.39 is 0 Å². The van der Waals surface area contributed by atoms with E-state index in [-0.39, 0.29) is 80.9 Å². The Hall–Kier alpha value is 2.64. The van der Waals surface area contributed by atoms with E-state index in [1.54, 1.807) is 0 Å². The molecule has 0 rings (SSSR count). The molecule has 0 aromatic heterocycles. The first-order valence-corrected chi connectivity index (χ1v) is 1.21. The van der Waals surface area contributed by atoms with E-state index in [4.69, 9.17) is 0 Å². The minimum Gasteiger partial charge on any atom is -0.344 e. The van der Waals surface area contributed by atoms with Crippen molar-refractivity contribution < 1.29 is 29.6 Å². The molecule has 0 unspecified atom stereocenters. The maximum absolute atomic E-state index is 3.49.